The lowest BCUT2D eigenvalue weighted by molar-refractivity contribution is 0.102. The maximum atomic E-state index is 12.2. The average molecular weight is 286 g/mol. The van der Waals surface area contributed by atoms with Crippen LogP contribution in [-0.2, 0) is 12.8 Å². The molecule has 1 heterocycles. The van der Waals surface area contributed by atoms with Gasteiger partial charge in [-0.1, -0.05) is 19.9 Å². The SMILES string of the molecule is CCc1nnc(NC(=O)c2cccc(O)c2C)nc1CC. The molecule has 21 heavy (non-hydrogen) atoms. The van der Waals surface area contributed by atoms with E-state index in [4.69, 9.17) is 0 Å². The van der Waals surface area contributed by atoms with Crippen molar-refractivity contribution in [1.82, 2.24) is 15.2 Å². The molecular formula is C15H18N4O2. The van der Waals surface area contributed by atoms with Gasteiger partial charge in [-0.15, -0.1) is 10.2 Å². The Labute approximate surface area is 123 Å². The van der Waals surface area contributed by atoms with Gasteiger partial charge < -0.3 is 5.11 Å². The van der Waals surface area contributed by atoms with Crippen molar-refractivity contribution in [3.8, 4) is 5.75 Å². The Kier molecular flexibility index (Phi) is 4.47. The molecule has 0 fully saturated rings. The molecule has 2 N–H and O–H groups in total. The van der Waals surface area contributed by atoms with Crippen LogP contribution in [0.25, 0.3) is 0 Å². The number of phenolic OH excluding ortho intramolecular Hbond substituents is 1. The smallest absolute Gasteiger partial charge is 0.258 e. The molecule has 2 rings (SSSR count). The summed E-state index contributed by atoms with van der Waals surface area (Å²) in [7, 11) is 0. The zero-order valence-corrected chi connectivity index (χ0v) is 12.3. The number of carbonyl (C=O) groups is 1. The molecule has 0 bridgehead atoms. The summed E-state index contributed by atoms with van der Waals surface area (Å²) >= 11 is 0. The molecular weight excluding hydrogens is 268 g/mol. The minimum absolute atomic E-state index is 0.0808. The van der Waals surface area contributed by atoms with Gasteiger partial charge in [0.25, 0.3) is 5.91 Å². The fourth-order valence-corrected chi connectivity index (χ4v) is 2.03. The van der Waals surface area contributed by atoms with Crippen LogP contribution >= 0.6 is 0 Å². The van der Waals surface area contributed by atoms with Gasteiger partial charge in [-0.2, -0.15) is 0 Å². The van der Waals surface area contributed by atoms with E-state index in [2.05, 4.69) is 20.5 Å². The Morgan fingerprint density at radius 1 is 1.19 bits per heavy atom. The predicted octanol–water partition coefficient (Wildman–Crippen LogP) is 2.26. The minimum Gasteiger partial charge on any atom is -0.508 e. The largest absolute Gasteiger partial charge is 0.508 e. The second-order valence-corrected chi connectivity index (χ2v) is 4.64. The number of carbonyl (C=O) groups excluding carboxylic acids is 1. The lowest BCUT2D eigenvalue weighted by Crippen LogP contribution is -2.17. The topological polar surface area (TPSA) is 88.0 Å². The molecule has 1 aromatic heterocycles. The number of nitrogens with zero attached hydrogens (tertiary/aromatic N) is 3. The highest BCUT2D eigenvalue weighted by molar-refractivity contribution is 6.04. The first kappa shape index (κ1) is 14.9. The summed E-state index contributed by atoms with van der Waals surface area (Å²) in [5.74, 6) is -0.106. The van der Waals surface area contributed by atoms with Gasteiger partial charge in [0.1, 0.15) is 5.75 Å². The fraction of sp³-hybridized carbons (Fsp3) is 0.333. The van der Waals surface area contributed by atoms with E-state index in [1.165, 1.54) is 6.07 Å². The Morgan fingerprint density at radius 2 is 1.90 bits per heavy atom. The molecule has 0 spiro atoms. The highest BCUT2D eigenvalue weighted by Crippen LogP contribution is 2.20. The summed E-state index contributed by atoms with van der Waals surface area (Å²) in [6.45, 7) is 5.65. The maximum Gasteiger partial charge on any atom is 0.258 e. The van der Waals surface area contributed by atoms with Crippen molar-refractivity contribution in [2.24, 2.45) is 0 Å². The third-order valence-electron chi connectivity index (χ3n) is 3.28. The van der Waals surface area contributed by atoms with E-state index in [-0.39, 0.29) is 17.6 Å². The van der Waals surface area contributed by atoms with Gasteiger partial charge in [0.15, 0.2) is 0 Å². The van der Waals surface area contributed by atoms with Crippen molar-refractivity contribution in [3.63, 3.8) is 0 Å². The van der Waals surface area contributed by atoms with Gasteiger partial charge in [-0.25, -0.2) is 4.98 Å². The molecule has 0 atom stereocenters. The Hall–Kier alpha value is -2.50. The third kappa shape index (κ3) is 3.16. The van der Waals surface area contributed by atoms with E-state index < -0.39 is 0 Å². The fourth-order valence-electron chi connectivity index (χ4n) is 2.03. The van der Waals surface area contributed by atoms with Crippen molar-refractivity contribution < 1.29 is 9.90 Å². The van der Waals surface area contributed by atoms with Crippen molar-refractivity contribution >= 4 is 11.9 Å². The van der Waals surface area contributed by atoms with Gasteiger partial charge >= 0.3 is 0 Å². The van der Waals surface area contributed by atoms with E-state index in [0.29, 0.717) is 11.1 Å². The van der Waals surface area contributed by atoms with Gasteiger partial charge in [0, 0.05) is 11.1 Å². The highest BCUT2D eigenvalue weighted by atomic mass is 16.3. The van der Waals surface area contributed by atoms with Crippen LogP contribution in [0.5, 0.6) is 5.75 Å². The molecule has 0 saturated heterocycles. The number of hydrogen-bond acceptors (Lipinski definition) is 5. The van der Waals surface area contributed by atoms with Crippen LogP contribution in [0, 0.1) is 6.92 Å². The molecule has 2 aromatic rings. The summed E-state index contributed by atoms with van der Waals surface area (Å²) in [6.07, 6.45) is 1.48. The number of phenols is 1. The van der Waals surface area contributed by atoms with Crippen molar-refractivity contribution in [2.45, 2.75) is 33.6 Å². The Morgan fingerprint density at radius 3 is 2.57 bits per heavy atom. The number of benzene rings is 1. The summed E-state index contributed by atoms with van der Waals surface area (Å²) in [4.78, 5) is 16.5. The quantitative estimate of drug-likeness (QED) is 0.900. The van der Waals surface area contributed by atoms with E-state index in [1.54, 1.807) is 19.1 Å². The van der Waals surface area contributed by atoms with Crippen LogP contribution in [0.3, 0.4) is 0 Å². The molecule has 1 aromatic carbocycles. The number of rotatable bonds is 4. The molecule has 6 nitrogen and oxygen atoms in total. The zero-order valence-electron chi connectivity index (χ0n) is 12.3. The lowest BCUT2D eigenvalue weighted by Gasteiger charge is -2.09. The molecule has 0 saturated carbocycles. The molecule has 6 heteroatoms. The molecule has 0 aliphatic rings. The second-order valence-electron chi connectivity index (χ2n) is 4.64. The summed E-state index contributed by atoms with van der Waals surface area (Å²) in [5.41, 5.74) is 2.57. The number of aromatic hydroxyl groups is 1. The number of aryl methyl sites for hydroxylation is 2. The van der Waals surface area contributed by atoms with Crippen LogP contribution in [0.4, 0.5) is 5.95 Å². The number of hydrogen-bond donors (Lipinski definition) is 2. The lowest BCUT2D eigenvalue weighted by atomic mass is 10.1. The monoisotopic (exact) mass is 286 g/mol. The Bertz CT molecular complexity index is 671. The molecule has 0 unspecified atom stereocenters. The summed E-state index contributed by atoms with van der Waals surface area (Å²) in [5, 5.41) is 20.3. The first-order valence-corrected chi connectivity index (χ1v) is 6.89. The van der Waals surface area contributed by atoms with Crippen molar-refractivity contribution in [3.05, 3.63) is 40.7 Å². The molecule has 110 valence electrons. The number of anilines is 1. The van der Waals surface area contributed by atoms with Crippen LogP contribution in [0.15, 0.2) is 18.2 Å². The Balaban J connectivity index is 2.25. The normalized spacial score (nSPS) is 10.4. The average Bonchev–Trinajstić information content (AvgIpc) is 2.49. The van der Waals surface area contributed by atoms with Crippen LogP contribution in [0.2, 0.25) is 0 Å². The van der Waals surface area contributed by atoms with Crippen LogP contribution in [0.1, 0.15) is 41.2 Å². The number of nitrogens with one attached hydrogen (secondary N) is 1. The second kappa shape index (κ2) is 6.30. The van der Waals surface area contributed by atoms with Gasteiger partial charge in [-0.05, 0) is 31.9 Å². The predicted molar refractivity (Wildman–Crippen MR) is 79.4 cm³/mol. The number of aromatic nitrogens is 3. The first-order chi connectivity index (χ1) is 10.1. The van der Waals surface area contributed by atoms with Crippen molar-refractivity contribution in [2.75, 3.05) is 5.32 Å². The molecule has 0 aliphatic heterocycles. The van der Waals surface area contributed by atoms with E-state index in [1.807, 2.05) is 13.8 Å². The van der Waals surface area contributed by atoms with Crippen LogP contribution < -0.4 is 5.32 Å². The van der Waals surface area contributed by atoms with Gasteiger partial charge in [0.2, 0.25) is 5.95 Å². The van der Waals surface area contributed by atoms with Crippen molar-refractivity contribution in [1.29, 1.82) is 0 Å². The van der Waals surface area contributed by atoms with E-state index >= 15 is 0 Å². The van der Waals surface area contributed by atoms with E-state index in [0.717, 1.165) is 24.2 Å². The zero-order chi connectivity index (χ0) is 15.4. The van der Waals surface area contributed by atoms with E-state index in [9.17, 15) is 9.90 Å². The number of amides is 1. The molecule has 0 aliphatic carbocycles. The summed E-state index contributed by atoms with van der Waals surface area (Å²) in [6, 6.07) is 4.79. The standard InChI is InChI=1S/C15H18N4O2/c1-4-11-12(5-2)18-19-15(16-11)17-14(21)10-7-6-8-13(20)9(10)3/h6-8,20H,4-5H2,1-3H3,(H,16,17,19,21). The molecule has 1 amide bonds. The molecule has 0 radical (unpaired) electrons. The minimum atomic E-state index is -0.364. The van der Waals surface area contributed by atoms with Gasteiger partial charge in [-0.3, -0.25) is 10.1 Å². The maximum absolute atomic E-state index is 12.2. The van der Waals surface area contributed by atoms with Gasteiger partial charge in [0.05, 0.1) is 11.4 Å². The first-order valence-electron chi connectivity index (χ1n) is 6.89. The van der Waals surface area contributed by atoms with Crippen LogP contribution in [-0.4, -0.2) is 26.2 Å². The summed E-state index contributed by atoms with van der Waals surface area (Å²) < 4.78 is 0. The highest BCUT2D eigenvalue weighted by Gasteiger charge is 2.14. The third-order valence-corrected chi connectivity index (χ3v) is 3.28.